The first kappa shape index (κ1) is 10.4. The molecule has 4 nitrogen and oxygen atoms in total. The van der Waals surface area contributed by atoms with Gasteiger partial charge in [-0.25, -0.2) is 15.0 Å². The number of rotatable bonds is 2. The molecule has 0 aromatic carbocycles. The van der Waals surface area contributed by atoms with E-state index in [-0.39, 0.29) is 0 Å². The van der Waals surface area contributed by atoms with Crippen LogP contribution in [0.25, 0.3) is 0 Å². The molecule has 1 heterocycles. The quantitative estimate of drug-likeness (QED) is 0.606. The SMILES string of the molecule is CN(C)/C=N/c1nc(Br)cnc1Cl. The van der Waals surface area contributed by atoms with Gasteiger partial charge in [0.1, 0.15) is 4.60 Å². The highest BCUT2D eigenvalue weighted by molar-refractivity contribution is 9.10. The fourth-order valence-electron chi connectivity index (χ4n) is 0.596. The predicted octanol–water partition coefficient (Wildman–Crippen LogP) is 2.11. The van der Waals surface area contributed by atoms with Crippen LogP contribution in [0.5, 0.6) is 0 Å². The Hall–Kier alpha value is -0.680. The second kappa shape index (κ2) is 4.53. The maximum absolute atomic E-state index is 5.75. The summed E-state index contributed by atoms with van der Waals surface area (Å²) in [4.78, 5) is 13.7. The van der Waals surface area contributed by atoms with Crippen molar-refractivity contribution in [3.63, 3.8) is 0 Å². The minimum Gasteiger partial charge on any atom is -0.369 e. The van der Waals surface area contributed by atoms with Crippen LogP contribution in [0.4, 0.5) is 5.82 Å². The Morgan fingerprint density at radius 2 is 2.31 bits per heavy atom. The number of nitrogens with zero attached hydrogens (tertiary/aromatic N) is 4. The van der Waals surface area contributed by atoms with Crippen LogP contribution in [0.3, 0.4) is 0 Å². The molecule has 0 atom stereocenters. The number of aliphatic imine (C=N–C) groups is 1. The van der Waals surface area contributed by atoms with Gasteiger partial charge in [-0.05, 0) is 15.9 Å². The van der Waals surface area contributed by atoms with Crippen LogP contribution in [0.1, 0.15) is 0 Å². The number of hydrogen-bond donors (Lipinski definition) is 0. The van der Waals surface area contributed by atoms with Crippen molar-refractivity contribution in [1.29, 1.82) is 0 Å². The molecule has 0 amide bonds. The summed E-state index contributed by atoms with van der Waals surface area (Å²) in [6.45, 7) is 0. The Kier molecular flexibility index (Phi) is 3.62. The maximum atomic E-state index is 5.75. The lowest BCUT2D eigenvalue weighted by Crippen LogP contribution is -2.07. The fourth-order valence-corrected chi connectivity index (χ4v) is 1.01. The van der Waals surface area contributed by atoms with Gasteiger partial charge in [-0.1, -0.05) is 11.6 Å². The highest BCUT2D eigenvalue weighted by atomic mass is 79.9. The third kappa shape index (κ3) is 3.28. The van der Waals surface area contributed by atoms with Gasteiger partial charge in [-0.15, -0.1) is 0 Å². The van der Waals surface area contributed by atoms with Crippen molar-refractivity contribution in [2.24, 2.45) is 4.99 Å². The van der Waals surface area contributed by atoms with E-state index in [2.05, 4.69) is 30.9 Å². The largest absolute Gasteiger partial charge is 0.369 e. The molecule has 0 saturated heterocycles. The normalized spacial score (nSPS) is 10.8. The lowest BCUT2D eigenvalue weighted by molar-refractivity contribution is 0.643. The van der Waals surface area contributed by atoms with E-state index in [0.29, 0.717) is 15.6 Å². The molecule has 0 spiro atoms. The lowest BCUT2D eigenvalue weighted by Gasteiger charge is -2.02. The molecule has 0 unspecified atom stereocenters. The maximum Gasteiger partial charge on any atom is 0.192 e. The van der Waals surface area contributed by atoms with Crippen LogP contribution in [0, 0.1) is 0 Å². The number of aromatic nitrogens is 2. The molecular weight excluding hydrogens is 255 g/mol. The average molecular weight is 264 g/mol. The Bertz CT molecular complexity index is 326. The van der Waals surface area contributed by atoms with E-state index >= 15 is 0 Å². The molecule has 1 rings (SSSR count). The van der Waals surface area contributed by atoms with E-state index in [0.717, 1.165) is 0 Å². The van der Waals surface area contributed by atoms with Crippen LogP contribution in [0.15, 0.2) is 15.8 Å². The Morgan fingerprint density at radius 3 is 2.92 bits per heavy atom. The monoisotopic (exact) mass is 262 g/mol. The van der Waals surface area contributed by atoms with E-state index in [1.54, 1.807) is 11.2 Å². The minimum atomic E-state index is 0.293. The van der Waals surface area contributed by atoms with E-state index in [9.17, 15) is 0 Å². The van der Waals surface area contributed by atoms with E-state index < -0.39 is 0 Å². The average Bonchev–Trinajstić information content (AvgIpc) is 2.06. The highest BCUT2D eigenvalue weighted by Crippen LogP contribution is 2.20. The molecule has 0 radical (unpaired) electrons. The van der Waals surface area contributed by atoms with Crippen molar-refractivity contribution < 1.29 is 0 Å². The molecule has 0 aliphatic rings. The van der Waals surface area contributed by atoms with Crippen molar-refractivity contribution in [2.45, 2.75) is 0 Å². The Labute approximate surface area is 89.8 Å². The molecule has 1 aromatic rings. The first-order valence-electron chi connectivity index (χ1n) is 3.48. The smallest absolute Gasteiger partial charge is 0.192 e. The van der Waals surface area contributed by atoms with Crippen molar-refractivity contribution in [1.82, 2.24) is 14.9 Å². The summed E-state index contributed by atoms with van der Waals surface area (Å²) in [6, 6.07) is 0. The molecule has 0 aliphatic carbocycles. The molecular formula is C7H8BrClN4. The van der Waals surface area contributed by atoms with Crippen LogP contribution in [-0.2, 0) is 0 Å². The lowest BCUT2D eigenvalue weighted by atomic mass is 10.7. The Balaban J connectivity index is 2.93. The second-order valence-electron chi connectivity index (χ2n) is 2.52. The molecule has 6 heteroatoms. The van der Waals surface area contributed by atoms with Gasteiger partial charge < -0.3 is 4.90 Å². The van der Waals surface area contributed by atoms with Gasteiger partial charge in [0.05, 0.1) is 12.5 Å². The van der Waals surface area contributed by atoms with Gasteiger partial charge in [-0.2, -0.15) is 0 Å². The van der Waals surface area contributed by atoms with Crippen LogP contribution in [-0.4, -0.2) is 35.3 Å². The molecule has 0 saturated carbocycles. The van der Waals surface area contributed by atoms with E-state index in [1.165, 1.54) is 6.20 Å². The Morgan fingerprint density at radius 1 is 1.62 bits per heavy atom. The van der Waals surface area contributed by atoms with Gasteiger partial charge in [-0.3, -0.25) is 0 Å². The highest BCUT2D eigenvalue weighted by Gasteiger charge is 2.01. The third-order valence-corrected chi connectivity index (χ3v) is 1.74. The fraction of sp³-hybridized carbons (Fsp3) is 0.286. The summed E-state index contributed by atoms with van der Waals surface area (Å²) in [6.07, 6.45) is 3.14. The predicted molar refractivity (Wildman–Crippen MR) is 56.6 cm³/mol. The van der Waals surface area contributed by atoms with Crippen molar-refractivity contribution >= 4 is 39.7 Å². The van der Waals surface area contributed by atoms with Gasteiger partial charge in [0.2, 0.25) is 0 Å². The molecule has 70 valence electrons. The van der Waals surface area contributed by atoms with E-state index in [4.69, 9.17) is 11.6 Å². The summed E-state index contributed by atoms with van der Waals surface area (Å²) >= 11 is 8.94. The molecule has 13 heavy (non-hydrogen) atoms. The summed E-state index contributed by atoms with van der Waals surface area (Å²) < 4.78 is 0.614. The standard InChI is InChI=1S/C7H8BrClN4/c1-13(2)4-11-7-6(9)10-3-5(8)12-7/h3-4H,1-2H3/b11-4+. The van der Waals surface area contributed by atoms with Crippen molar-refractivity contribution in [3.8, 4) is 0 Å². The minimum absolute atomic E-state index is 0.293. The first-order chi connectivity index (χ1) is 6.09. The molecule has 0 bridgehead atoms. The molecule has 0 N–H and O–H groups in total. The third-order valence-electron chi connectivity index (χ3n) is 1.09. The molecule has 1 aromatic heterocycles. The van der Waals surface area contributed by atoms with Crippen LogP contribution in [0.2, 0.25) is 5.15 Å². The zero-order valence-electron chi connectivity index (χ0n) is 7.20. The zero-order valence-corrected chi connectivity index (χ0v) is 9.54. The first-order valence-corrected chi connectivity index (χ1v) is 4.65. The van der Waals surface area contributed by atoms with Crippen molar-refractivity contribution in [3.05, 3.63) is 16.0 Å². The summed E-state index contributed by atoms with van der Waals surface area (Å²) in [5.74, 6) is 0.407. The number of hydrogen-bond acceptors (Lipinski definition) is 3. The topological polar surface area (TPSA) is 41.4 Å². The molecule has 0 aliphatic heterocycles. The van der Waals surface area contributed by atoms with Gasteiger partial charge in [0.25, 0.3) is 0 Å². The number of halogens is 2. The van der Waals surface area contributed by atoms with Gasteiger partial charge in [0, 0.05) is 14.1 Å². The van der Waals surface area contributed by atoms with Gasteiger partial charge in [0.15, 0.2) is 11.0 Å². The summed E-state index contributed by atoms with van der Waals surface area (Å²) in [5.41, 5.74) is 0. The summed E-state index contributed by atoms with van der Waals surface area (Å²) in [7, 11) is 3.73. The summed E-state index contributed by atoms with van der Waals surface area (Å²) in [5, 5.41) is 0.293. The van der Waals surface area contributed by atoms with E-state index in [1.807, 2.05) is 14.1 Å². The zero-order chi connectivity index (χ0) is 9.84. The van der Waals surface area contributed by atoms with Crippen LogP contribution < -0.4 is 0 Å². The van der Waals surface area contributed by atoms with Gasteiger partial charge >= 0.3 is 0 Å². The molecule has 0 fully saturated rings. The second-order valence-corrected chi connectivity index (χ2v) is 3.69. The van der Waals surface area contributed by atoms with Crippen LogP contribution >= 0.6 is 27.5 Å². The van der Waals surface area contributed by atoms with Crippen molar-refractivity contribution in [2.75, 3.05) is 14.1 Å².